The third-order valence-corrected chi connectivity index (χ3v) is 5.54. The normalized spacial score (nSPS) is 19.9. The van der Waals surface area contributed by atoms with Crippen LogP contribution in [0.3, 0.4) is 0 Å². The van der Waals surface area contributed by atoms with E-state index in [9.17, 15) is 18.0 Å². The van der Waals surface area contributed by atoms with Gasteiger partial charge in [-0.3, -0.25) is 4.79 Å². The summed E-state index contributed by atoms with van der Waals surface area (Å²) < 4.78 is 38.3. The van der Waals surface area contributed by atoms with Gasteiger partial charge in [-0.2, -0.15) is 13.2 Å². The van der Waals surface area contributed by atoms with Gasteiger partial charge in [0.1, 0.15) is 0 Å². The standard InChI is InChI=1S/C19H25F3N2O.ClH/c1-13-12-15(14-4-8-23-9-5-14)2-3-17(13)18(25)24-10-6-16(7-11-24)19(20,21)22;/h2-3,12,14,16,23H,4-11H2,1H3;1H. The molecule has 0 saturated carbocycles. The van der Waals surface area contributed by atoms with E-state index in [2.05, 4.69) is 11.4 Å². The van der Waals surface area contributed by atoms with Crippen LogP contribution in [0.2, 0.25) is 0 Å². The minimum absolute atomic E-state index is 0. The summed E-state index contributed by atoms with van der Waals surface area (Å²) in [7, 11) is 0. The van der Waals surface area contributed by atoms with Crippen molar-refractivity contribution in [3.63, 3.8) is 0 Å². The number of piperidine rings is 2. The van der Waals surface area contributed by atoms with Crippen molar-refractivity contribution < 1.29 is 18.0 Å². The Labute approximate surface area is 158 Å². The maximum atomic E-state index is 12.8. The first-order chi connectivity index (χ1) is 11.9. The number of amides is 1. The summed E-state index contributed by atoms with van der Waals surface area (Å²) in [5.41, 5.74) is 2.79. The van der Waals surface area contributed by atoms with Crippen LogP contribution in [-0.4, -0.2) is 43.2 Å². The van der Waals surface area contributed by atoms with Crippen molar-refractivity contribution in [1.29, 1.82) is 0 Å². The molecule has 0 aliphatic carbocycles. The first-order valence-electron chi connectivity index (χ1n) is 9.03. The Morgan fingerprint density at radius 3 is 2.27 bits per heavy atom. The Morgan fingerprint density at radius 2 is 1.73 bits per heavy atom. The number of nitrogens with zero attached hydrogens (tertiary/aromatic N) is 1. The highest BCUT2D eigenvalue weighted by Gasteiger charge is 2.41. The maximum Gasteiger partial charge on any atom is 0.391 e. The Kier molecular flexibility index (Phi) is 6.97. The molecule has 1 N–H and O–H groups in total. The van der Waals surface area contributed by atoms with Crippen LogP contribution in [0.15, 0.2) is 18.2 Å². The van der Waals surface area contributed by atoms with Gasteiger partial charge in [-0.15, -0.1) is 12.4 Å². The Hall–Kier alpha value is -1.27. The molecule has 1 aromatic rings. The number of alkyl halides is 3. The third kappa shape index (κ3) is 4.71. The molecule has 1 amide bonds. The lowest BCUT2D eigenvalue weighted by molar-refractivity contribution is -0.183. The van der Waals surface area contributed by atoms with E-state index in [4.69, 9.17) is 0 Å². The summed E-state index contributed by atoms with van der Waals surface area (Å²) in [6.07, 6.45) is -1.96. The fraction of sp³-hybridized carbons (Fsp3) is 0.632. The number of hydrogen-bond acceptors (Lipinski definition) is 2. The Morgan fingerprint density at radius 1 is 1.12 bits per heavy atom. The van der Waals surface area contributed by atoms with Crippen LogP contribution in [0, 0.1) is 12.8 Å². The van der Waals surface area contributed by atoms with E-state index in [1.807, 2.05) is 19.1 Å². The molecular formula is C19H26ClF3N2O. The number of likely N-dealkylation sites (tertiary alicyclic amines) is 1. The highest BCUT2D eigenvalue weighted by atomic mass is 35.5. The van der Waals surface area contributed by atoms with Crippen molar-refractivity contribution in [3.05, 3.63) is 34.9 Å². The van der Waals surface area contributed by atoms with Gasteiger partial charge in [0.25, 0.3) is 5.91 Å². The van der Waals surface area contributed by atoms with Crippen LogP contribution in [-0.2, 0) is 0 Å². The number of hydrogen-bond donors (Lipinski definition) is 1. The molecule has 3 nitrogen and oxygen atoms in total. The van der Waals surface area contributed by atoms with E-state index >= 15 is 0 Å². The first-order valence-corrected chi connectivity index (χ1v) is 9.03. The zero-order valence-electron chi connectivity index (χ0n) is 14.9. The zero-order valence-corrected chi connectivity index (χ0v) is 15.8. The topological polar surface area (TPSA) is 32.3 Å². The molecule has 0 radical (unpaired) electrons. The molecule has 2 aliphatic rings. The van der Waals surface area contributed by atoms with Gasteiger partial charge in [0.05, 0.1) is 5.92 Å². The summed E-state index contributed by atoms with van der Waals surface area (Å²) in [5.74, 6) is -0.901. The van der Waals surface area contributed by atoms with Crippen LogP contribution in [0.25, 0.3) is 0 Å². The second kappa shape index (κ2) is 8.61. The lowest BCUT2D eigenvalue weighted by Gasteiger charge is -2.33. The van der Waals surface area contributed by atoms with Gasteiger partial charge in [0.2, 0.25) is 0 Å². The molecule has 2 heterocycles. The Balaban J connectivity index is 0.00000243. The van der Waals surface area contributed by atoms with Crippen molar-refractivity contribution in [3.8, 4) is 0 Å². The van der Waals surface area contributed by atoms with Gasteiger partial charge in [-0.25, -0.2) is 0 Å². The van der Waals surface area contributed by atoms with E-state index in [1.165, 1.54) is 5.56 Å². The SMILES string of the molecule is Cc1cc(C2CCNCC2)ccc1C(=O)N1CCC(C(F)(F)F)CC1.Cl. The fourth-order valence-corrected chi connectivity index (χ4v) is 3.92. The highest BCUT2D eigenvalue weighted by Crippen LogP contribution is 2.34. The van der Waals surface area contributed by atoms with Crippen LogP contribution < -0.4 is 5.32 Å². The van der Waals surface area contributed by atoms with E-state index in [0.717, 1.165) is 31.5 Å². The number of halogens is 4. The number of rotatable bonds is 2. The summed E-state index contributed by atoms with van der Waals surface area (Å²) in [5, 5.41) is 3.34. The highest BCUT2D eigenvalue weighted by molar-refractivity contribution is 5.95. The summed E-state index contributed by atoms with van der Waals surface area (Å²) in [6.45, 7) is 4.30. The number of aryl methyl sites for hydroxylation is 1. The minimum Gasteiger partial charge on any atom is -0.339 e. The van der Waals surface area contributed by atoms with Gasteiger partial charge in [-0.05, 0) is 68.8 Å². The van der Waals surface area contributed by atoms with Crippen molar-refractivity contribution in [1.82, 2.24) is 10.2 Å². The predicted octanol–water partition coefficient (Wildman–Crippen LogP) is 4.30. The largest absolute Gasteiger partial charge is 0.391 e. The zero-order chi connectivity index (χ0) is 18.0. The van der Waals surface area contributed by atoms with E-state index < -0.39 is 12.1 Å². The van der Waals surface area contributed by atoms with Gasteiger partial charge in [-0.1, -0.05) is 12.1 Å². The molecular weight excluding hydrogens is 365 g/mol. The average Bonchev–Trinajstić information content (AvgIpc) is 2.61. The monoisotopic (exact) mass is 390 g/mol. The van der Waals surface area contributed by atoms with E-state index in [-0.39, 0.29) is 44.2 Å². The molecule has 0 atom stereocenters. The molecule has 0 unspecified atom stereocenters. The molecule has 2 saturated heterocycles. The van der Waals surface area contributed by atoms with Crippen LogP contribution >= 0.6 is 12.4 Å². The lowest BCUT2D eigenvalue weighted by atomic mass is 9.88. The predicted molar refractivity (Wildman–Crippen MR) is 98.0 cm³/mol. The Bertz CT molecular complexity index is 622. The first kappa shape index (κ1) is 21.0. The van der Waals surface area contributed by atoms with Crippen LogP contribution in [0.1, 0.15) is 53.1 Å². The van der Waals surface area contributed by atoms with Gasteiger partial charge >= 0.3 is 6.18 Å². The average molecular weight is 391 g/mol. The van der Waals surface area contributed by atoms with Crippen LogP contribution in [0.4, 0.5) is 13.2 Å². The molecule has 0 aromatic heterocycles. The van der Waals surface area contributed by atoms with E-state index in [0.29, 0.717) is 11.5 Å². The van der Waals surface area contributed by atoms with Gasteiger partial charge in [0.15, 0.2) is 0 Å². The quantitative estimate of drug-likeness (QED) is 0.816. The van der Waals surface area contributed by atoms with Crippen molar-refractivity contribution >= 4 is 18.3 Å². The van der Waals surface area contributed by atoms with Crippen molar-refractivity contribution in [2.24, 2.45) is 5.92 Å². The minimum atomic E-state index is -4.15. The third-order valence-electron chi connectivity index (χ3n) is 5.54. The number of carbonyl (C=O) groups excluding carboxylic acids is 1. The van der Waals surface area contributed by atoms with Gasteiger partial charge in [0, 0.05) is 18.7 Å². The molecule has 26 heavy (non-hydrogen) atoms. The van der Waals surface area contributed by atoms with Crippen molar-refractivity contribution in [2.75, 3.05) is 26.2 Å². The molecule has 2 fully saturated rings. The summed E-state index contributed by atoms with van der Waals surface area (Å²) in [4.78, 5) is 14.3. The lowest BCUT2D eigenvalue weighted by Crippen LogP contribution is -2.42. The van der Waals surface area contributed by atoms with E-state index in [1.54, 1.807) is 4.90 Å². The molecule has 0 bridgehead atoms. The molecule has 2 aliphatic heterocycles. The number of benzene rings is 1. The smallest absolute Gasteiger partial charge is 0.339 e. The number of carbonyl (C=O) groups is 1. The summed E-state index contributed by atoms with van der Waals surface area (Å²) in [6, 6.07) is 5.94. The molecule has 7 heteroatoms. The molecule has 1 aromatic carbocycles. The second-order valence-electron chi connectivity index (χ2n) is 7.21. The number of nitrogens with one attached hydrogen (secondary N) is 1. The van der Waals surface area contributed by atoms with Gasteiger partial charge < -0.3 is 10.2 Å². The molecule has 0 spiro atoms. The second-order valence-corrected chi connectivity index (χ2v) is 7.21. The maximum absolute atomic E-state index is 12.8. The fourth-order valence-electron chi connectivity index (χ4n) is 3.92. The summed E-state index contributed by atoms with van der Waals surface area (Å²) >= 11 is 0. The molecule has 3 rings (SSSR count). The molecule has 146 valence electrons. The van der Waals surface area contributed by atoms with Crippen LogP contribution in [0.5, 0.6) is 0 Å². The van der Waals surface area contributed by atoms with Crippen molar-refractivity contribution in [2.45, 2.75) is 44.7 Å².